The van der Waals surface area contributed by atoms with E-state index >= 15 is 0 Å². The summed E-state index contributed by atoms with van der Waals surface area (Å²) in [6, 6.07) is 12.9. The highest BCUT2D eigenvalue weighted by atomic mass is 32.1. The van der Waals surface area contributed by atoms with Crippen LogP contribution in [0.3, 0.4) is 0 Å². The number of hydrogen-bond acceptors (Lipinski definition) is 7. The molecule has 0 aliphatic carbocycles. The predicted octanol–water partition coefficient (Wildman–Crippen LogP) is 2.39. The molecule has 0 N–H and O–H groups in total. The van der Waals surface area contributed by atoms with Gasteiger partial charge in [0.05, 0.1) is 25.9 Å². The van der Waals surface area contributed by atoms with E-state index in [-0.39, 0.29) is 5.56 Å². The van der Waals surface area contributed by atoms with Crippen molar-refractivity contribution in [1.82, 2.24) is 14.6 Å². The van der Waals surface area contributed by atoms with Crippen LogP contribution in [0.15, 0.2) is 47.3 Å². The molecule has 0 spiro atoms. The smallest absolute Gasteiger partial charge is 0.291 e. The third-order valence-electron chi connectivity index (χ3n) is 4.25. The lowest BCUT2D eigenvalue weighted by Gasteiger charge is -2.07. The Morgan fingerprint density at radius 1 is 0.964 bits per heavy atom. The lowest BCUT2D eigenvalue weighted by atomic mass is 10.2. The van der Waals surface area contributed by atoms with Gasteiger partial charge in [0.2, 0.25) is 4.96 Å². The predicted molar refractivity (Wildman–Crippen MR) is 107 cm³/mol. The first kappa shape index (κ1) is 18.0. The number of methoxy groups -OCH3 is 3. The van der Waals surface area contributed by atoms with E-state index in [9.17, 15) is 4.79 Å². The molecule has 0 saturated heterocycles. The molecule has 0 unspecified atom stereocenters. The van der Waals surface area contributed by atoms with E-state index in [4.69, 9.17) is 14.2 Å². The molecule has 0 bridgehead atoms. The van der Waals surface area contributed by atoms with Crippen LogP contribution < -0.4 is 24.3 Å². The van der Waals surface area contributed by atoms with E-state index in [0.29, 0.717) is 32.6 Å². The molecule has 2 aromatic carbocycles. The lowest BCUT2D eigenvalue weighted by molar-refractivity contribution is 0.355. The van der Waals surface area contributed by atoms with Gasteiger partial charge in [-0.25, -0.2) is 0 Å². The molecule has 142 valence electrons. The number of nitrogens with zero attached hydrogens (tertiary/aromatic N) is 3. The Labute approximate surface area is 164 Å². The molecule has 2 aromatic heterocycles. The van der Waals surface area contributed by atoms with Crippen LogP contribution in [0.4, 0.5) is 0 Å². The Bertz CT molecular complexity index is 1260. The van der Waals surface area contributed by atoms with Gasteiger partial charge in [-0.2, -0.15) is 9.50 Å². The van der Waals surface area contributed by atoms with Crippen molar-refractivity contribution in [3.8, 4) is 28.6 Å². The van der Waals surface area contributed by atoms with Crippen molar-refractivity contribution in [2.24, 2.45) is 0 Å². The summed E-state index contributed by atoms with van der Waals surface area (Å²) in [4.78, 5) is 17.8. The van der Waals surface area contributed by atoms with Gasteiger partial charge in [-0.3, -0.25) is 4.79 Å². The van der Waals surface area contributed by atoms with E-state index in [0.717, 1.165) is 11.1 Å². The molecular weight excluding hydrogens is 378 g/mol. The second kappa shape index (κ2) is 7.32. The van der Waals surface area contributed by atoms with Gasteiger partial charge in [-0.15, -0.1) is 5.10 Å². The van der Waals surface area contributed by atoms with Crippen LogP contribution in [-0.2, 0) is 0 Å². The van der Waals surface area contributed by atoms with Crippen LogP contribution in [0, 0.1) is 0 Å². The highest BCUT2D eigenvalue weighted by molar-refractivity contribution is 7.15. The standard InChI is InChI=1S/C20H17N3O4S/c1-25-14-7-5-4-6-12(14)11-17-19(24)23-20(28-17)21-18(22-23)13-8-9-15(26-2)16(10-13)27-3/h4-11H,1-3H3/b17-11-. The fourth-order valence-electron chi connectivity index (χ4n) is 2.86. The summed E-state index contributed by atoms with van der Waals surface area (Å²) in [5.74, 6) is 2.34. The number of hydrogen-bond donors (Lipinski definition) is 0. The number of aromatic nitrogens is 3. The van der Waals surface area contributed by atoms with Crippen molar-refractivity contribution < 1.29 is 14.2 Å². The summed E-state index contributed by atoms with van der Waals surface area (Å²) in [6.07, 6.45) is 1.79. The second-order valence-electron chi connectivity index (χ2n) is 5.86. The molecule has 0 saturated carbocycles. The minimum absolute atomic E-state index is 0.217. The minimum atomic E-state index is -0.217. The summed E-state index contributed by atoms with van der Waals surface area (Å²) in [5.41, 5.74) is 1.35. The molecular formula is C20H17N3O4S. The number of fused-ring (bicyclic) bond motifs is 1. The molecule has 0 fully saturated rings. The fraction of sp³-hybridized carbons (Fsp3) is 0.150. The van der Waals surface area contributed by atoms with Gasteiger partial charge >= 0.3 is 0 Å². The van der Waals surface area contributed by atoms with Gasteiger partial charge in [0.1, 0.15) is 5.75 Å². The van der Waals surface area contributed by atoms with Crippen LogP contribution in [-0.4, -0.2) is 35.9 Å². The minimum Gasteiger partial charge on any atom is -0.496 e. The first-order chi connectivity index (χ1) is 13.6. The summed E-state index contributed by atoms with van der Waals surface area (Å²) in [5, 5.41) is 4.37. The third kappa shape index (κ3) is 3.07. The van der Waals surface area contributed by atoms with Crippen molar-refractivity contribution in [2.45, 2.75) is 0 Å². The Hall–Kier alpha value is -3.39. The molecule has 0 atom stereocenters. The van der Waals surface area contributed by atoms with Crippen LogP contribution in [0.25, 0.3) is 22.4 Å². The molecule has 28 heavy (non-hydrogen) atoms. The number of rotatable bonds is 5. The zero-order chi connectivity index (χ0) is 19.7. The number of ether oxygens (including phenoxy) is 3. The lowest BCUT2D eigenvalue weighted by Crippen LogP contribution is -2.23. The van der Waals surface area contributed by atoms with Gasteiger partial charge < -0.3 is 14.2 Å². The quantitative estimate of drug-likeness (QED) is 0.517. The van der Waals surface area contributed by atoms with Gasteiger partial charge in [0, 0.05) is 11.1 Å². The first-order valence-electron chi connectivity index (χ1n) is 8.41. The fourth-order valence-corrected chi connectivity index (χ4v) is 3.76. The van der Waals surface area contributed by atoms with Gasteiger partial charge in [-0.1, -0.05) is 29.5 Å². The second-order valence-corrected chi connectivity index (χ2v) is 6.87. The molecule has 8 heteroatoms. The molecule has 4 aromatic rings. The Kier molecular flexibility index (Phi) is 4.70. The molecule has 2 heterocycles. The SMILES string of the molecule is COc1ccccc1/C=c1\sc2nc(-c3ccc(OC)c(OC)c3)nn2c1=O. The molecule has 0 aliphatic heterocycles. The topological polar surface area (TPSA) is 74.9 Å². The van der Waals surface area contributed by atoms with Crippen LogP contribution >= 0.6 is 11.3 Å². The summed E-state index contributed by atoms with van der Waals surface area (Å²) in [6.45, 7) is 0. The summed E-state index contributed by atoms with van der Waals surface area (Å²) in [7, 11) is 4.74. The van der Waals surface area contributed by atoms with Crippen molar-refractivity contribution in [2.75, 3.05) is 21.3 Å². The van der Waals surface area contributed by atoms with Gasteiger partial charge in [0.15, 0.2) is 17.3 Å². The average molecular weight is 395 g/mol. The zero-order valence-corrected chi connectivity index (χ0v) is 16.3. The number of para-hydroxylation sites is 1. The van der Waals surface area contributed by atoms with Gasteiger partial charge in [0.25, 0.3) is 5.56 Å². The normalized spacial score (nSPS) is 11.8. The molecule has 0 amide bonds. The van der Waals surface area contributed by atoms with Crippen LogP contribution in [0.2, 0.25) is 0 Å². The summed E-state index contributed by atoms with van der Waals surface area (Å²) < 4.78 is 17.8. The maximum Gasteiger partial charge on any atom is 0.291 e. The number of benzene rings is 2. The van der Waals surface area contributed by atoms with Crippen molar-refractivity contribution >= 4 is 22.4 Å². The maximum atomic E-state index is 12.8. The summed E-state index contributed by atoms with van der Waals surface area (Å²) >= 11 is 1.28. The molecule has 0 radical (unpaired) electrons. The monoisotopic (exact) mass is 395 g/mol. The average Bonchev–Trinajstić information content (AvgIpc) is 3.27. The Balaban J connectivity index is 1.79. The highest BCUT2D eigenvalue weighted by Gasteiger charge is 2.14. The van der Waals surface area contributed by atoms with Crippen molar-refractivity contribution in [3.63, 3.8) is 0 Å². The van der Waals surface area contributed by atoms with E-state index in [1.807, 2.05) is 30.3 Å². The molecule has 0 aliphatic rings. The molecule has 4 rings (SSSR count). The Morgan fingerprint density at radius 3 is 2.43 bits per heavy atom. The van der Waals surface area contributed by atoms with E-state index in [2.05, 4.69) is 10.1 Å². The van der Waals surface area contributed by atoms with Gasteiger partial charge in [-0.05, 0) is 30.3 Å². The zero-order valence-electron chi connectivity index (χ0n) is 15.5. The van der Waals surface area contributed by atoms with Crippen molar-refractivity contribution in [1.29, 1.82) is 0 Å². The Morgan fingerprint density at radius 2 is 1.71 bits per heavy atom. The highest BCUT2D eigenvalue weighted by Crippen LogP contribution is 2.31. The number of thiazole rings is 1. The van der Waals surface area contributed by atoms with E-state index in [1.54, 1.807) is 39.5 Å². The van der Waals surface area contributed by atoms with Crippen molar-refractivity contribution in [3.05, 3.63) is 62.9 Å². The van der Waals surface area contributed by atoms with Crippen LogP contribution in [0.5, 0.6) is 17.2 Å². The molecule has 7 nitrogen and oxygen atoms in total. The van der Waals surface area contributed by atoms with E-state index < -0.39 is 0 Å². The third-order valence-corrected chi connectivity index (χ3v) is 5.21. The maximum absolute atomic E-state index is 12.8. The first-order valence-corrected chi connectivity index (χ1v) is 9.23. The van der Waals surface area contributed by atoms with Crippen LogP contribution in [0.1, 0.15) is 5.56 Å². The van der Waals surface area contributed by atoms with E-state index in [1.165, 1.54) is 15.9 Å². The largest absolute Gasteiger partial charge is 0.496 e.